The predicted molar refractivity (Wildman–Crippen MR) is 96.1 cm³/mol. The molecule has 0 aliphatic carbocycles. The first-order chi connectivity index (χ1) is 11.4. The van der Waals surface area contributed by atoms with Gasteiger partial charge in [-0.1, -0.05) is 53.9 Å². The molecule has 0 fully saturated rings. The summed E-state index contributed by atoms with van der Waals surface area (Å²) in [7, 11) is 0. The van der Waals surface area contributed by atoms with Crippen LogP contribution in [0.3, 0.4) is 0 Å². The maximum atomic E-state index is 5.90. The third kappa shape index (κ3) is 3.85. The van der Waals surface area contributed by atoms with Gasteiger partial charge in [0.15, 0.2) is 5.82 Å². The summed E-state index contributed by atoms with van der Waals surface area (Å²) in [4.78, 5) is 12.6. The molecular weight excluding hydrogens is 371 g/mol. The van der Waals surface area contributed by atoms with E-state index in [0.717, 1.165) is 24.2 Å². The Morgan fingerprint density at radius 2 is 2.04 bits per heavy atom. The smallest absolute Gasteiger partial charge is 0.250 e. The molecule has 0 saturated heterocycles. The summed E-state index contributed by atoms with van der Waals surface area (Å²) in [6.07, 6.45) is 1.76. The Labute approximate surface area is 155 Å². The number of rotatable bonds is 3. The third-order valence-electron chi connectivity index (χ3n) is 3.83. The highest BCUT2D eigenvalue weighted by Crippen LogP contribution is 2.37. The van der Waals surface area contributed by atoms with Crippen LogP contribution >= 0.6 is 34.8 Å². The number of nitrogens with one attached hydrogen (secondary N) is 1. The van der Waals surface area contributed by atoms with E-state index in [0.29, 0.717) is 18.4 Å². The number of hydrogen-bond acceptors (Lipinski definition) is 5. The first kappa shape index (κ1) is 17.5. The molecule has 0 saturated carbocycles. The van der Waals surface area contributed by atoms with Crippen LogP contribution in [-0.2, 0) is 10.2 Å². The van der Waals surface area contributed by atoms with Crippen molar-refractivity contribution in [1.29, 1.82) is 0 Å². The average molecular weight is 388 g/mol. The molecular formula is C16H17Cl3N4O. The van der Waals surface area contributed by atoms with E-state index in [1.807, 2.05) is 6.07 Å². The molecule has 1 aliphatic rings. The van der Waals surface area contributed by atoms with Crippen LogP contribution < -0.4 is 10.1 Å². The van der Waals surface area contributed by atoms with Gasteiger partial charge in [0.1, 0.15) is 11.6 Å². The predicted octanol–water partition coefficient (Wildman–Crippen LogP) is 4.50. The summed E-state index contributed by atoms with van der Waals surface area (Å²) in [5.41, 5.74) is 2.34. The van der Waals surface area contributed by atoms with Gasteiger partial charge in [0, 0.05) is 12.0 Å². The highest BCUT2D eigenvalue weighted by molar-refractivity contribution is 6.66. The van der Waals surface area contributed by atoms with E-state index in [1.54, 1.807) is 6.92 Å². The SMILES string of the molecule is CCc1ccc2c(c1)C(Nc1nc(C)nc(C(Cl)(Cl)Cl)n1)CCO2. The van der Waals surface area contributed by atoms with Crippen LogP contribution in [0.25, 0.3) is 0 Å². The molecule has 1 unspecified atom stereocenters. The maximum absolute atomic E-state index is 5.90. The number of fused-ring (bicyclic) bond motifs is 1. The number of anilines is 1. The van der Waals surface area contributed by atoms with Crippen LogP contribution in [-0.4, -0.2) is 21.6 Å². The standard InChI is InChI=1S/C16H17Cl3N4O/c1-3-10-4-5-13-11(8-10)12(6-7-24-13)22-15-21-9(2)20-14(23-15)16(17,18)19/h4-5,8,12H,3,6-7H2,1-2H3,(H,20,21,22,23). The first-order valence-corrected chi connectivity index (χ1v) is 8.82. The van der Waals surface area contributed by atoms with Crippen molar-refractivity contribution in [3.05, 3.63) is 41.0 Å². The molecule has 5 nitrogen and oxygen atoms in total. The van der Waals surface area contributed by atoms with Crippen LogP contribution in [0.1, 0.15) is 42.2 Å². The Hall–Kier alpha value is -1.30. The Morgan fingerprint density at radius 1 is 1.25 bits per heavy atom. The maximum Gasteiger partial charge on any atom is 0.250 e. The van der Waals surface area contributed by atoms with Crippen molar-refractivity contribution in [2.75, 3.05) is 11.9 Å². The van der Waals surface area contributed by atoms with Crippen molar-refractivity contribution in [3.8, 4) is 5.75 Å². The van der Waals surface area contributed by atoms with E-state index in [9.17, 15) is 0 Å². The Bertz CT molecular complexity index is 749. The molecule has 0 bridgehead atoms. The van der Waals surface area contributed by atoms with Crippen LogP contribution in [0.2, 0.25) is 0 Å². The zero-order chi connectivity index (χ0) is 17.3. The van der Waals surface area contributed by atoms with Gasteiger partial charge in [0.2, 0.25) is 9.74 Å². The molecule has 1 aromatic heterocycles. The van der Waals surface area contributed by atoms with Crippen molar-refractivity contribution < 1.29 is 4.74 Å². The highest BCUT2D eigenvalue weighted by Gasteiger charge is 2.29. The van der Waals surface area contributed by atoms with Gasteiger partial charge in [-0.2, -0.15) is 9.97 Å². The van der Waals surface area contributed by atoms with Gasteiger partial charge in [0.25, 0.3) is 0 Å². The molecule has 2 heterocycles. The van der Waals surface area contributed by atoms with Crippen LogP contribution in [0.4, 0.5) is 5.95 Å². The van der Waals surface area contributed by atoms with E-state index in [1.165, 1.54) is 5.56 Å². The Balaban J connectivity index is 1.92. The van der Waals surface area contributed by atoms with E-state index in [-0.39, 0.29) is 11.9 Å². The molecule has 1 N–H and O–H groups in total. The first-order valence-electron chi connectivity index (χ1n) is 7.69. The fraction of sp³-hybridized carbons (Fsp3) is 0.438. The second-order valence-electron chi connectivity index (χ2n) is 5.59. The summed E-state index contributed by atoms with van der Waals surface area (Å²) in [6.45, 7) is 4.48. The van der Waals surface area contributed by atoms with E-state index >= 15 is 0 Å². The number of nitrogens with zero attached hydrogens (tertiary/aromatic N) is 3. The molecule has 3 rings (SSSR count). The van der Waals surface area contributed by atoms with Crippen molar-refractivity contribution in [2.45, 2.75) is 36.5 Å². The van der Waals surface area contributed by atoms with Crippen LogP contribution in [0.5, 0.6) is 5.75 Å². The van der Waals surface area contributed by atoms with Crippen molar-refractivity contribution >= 4 is 40.8 Å². The summed E-state index contributed by atoms with van der Waals surface area (Å²) >= 11 is 17.7. The number of aryl methyl sites for hydroxylation is 2. The number of hydrogen-bond donors (Lipinski definition) is 1. The minimum atomic E-state index is -1.69. The highest BCUT2D eigenvalue weighted by atomic mass is 35.6. The third-order valence-corrected chi connectivity index (χ3v) is 4.33. The van der Waals surface area contributed by atoms with Gasteiger partial charge in [-0.25, -0.2) is 4.98 Å². The van der Waals surface area contributed by atoms with Crippen molar-refractivity contribution in [2.24, 2.45) is 0 Å². The summed E-state index contributed by atoms with van der Waals surface area (Å²) < 4.78 is 4.05. The van der Waals surface area contributed by atoms with Crippen molar-refractivity contribution in [1.82, 2.24) is 15.0 Å². The normalized spacial score (nSPS) is 17.1. The minimum absolute atomic E-state index is 0.0327. The molecule has 24 heavy (non-hydrogen) atoms. The second kappa shape index (κ2) is 6.90. The largest absolute Gasteiger partial charge is 0.493 e. The lowest BCUT2D eigenvalue weighted by atomic mass is 9.97. The Morgan fingerprint density at radius 3 is 2.75 bits per heavy atom. The fourth-order valence-corrected chi connectivity index (χ4v) is 2.90. The van der Waals surface area contributed by atoms with E-state index in [4.69, 9.17) is 39.5 Å². The summed E-state index contributed by atoms with van der Waals surface area (Å²) in [5.74, 6) is 1.87. The number of halogens is 3. The van der Waals surface area contributed by atoms with Gasteiger partial charge >= 0.3 is 0 Å². The molecule has 8 heteroatoms. The lowest BCUT2D eigenvalue weighted by Gasteiger charge is -2.27. The zero-order valence-electron chi connectivity index (χ0n) is 13.3. The van der Waals surface area contributed by atoms with Gasteiger partial charge in [-0.3, -0.25) is 0 Å². The summed E-state index contributed by atoms with van der Waals surface area (Å²) in [5, 5.41) is 3.32. The van der Waals surface area contributed by atoms with Crippen LogP contribution in [0, 0.1) is 6.92 Å². The number of ether oxygens (including phenoxy) is 1. The molecule has 2 aromatic rings. The topological polar surface area (TPSA) is 59.9 Å². The molecule has 1 aliphatic heterocycles. The molecule has 0 radical (unpaired) electrons. The summed E-state index contributed by atoms with van der Waals surface area (Å²) in [6, 6.07) is 6.27. The monoisotopic (exact) mass is 386 g/mol. The van der Waals surface area contributed by atoms with Gasteiger partial charge in [-0.15, -0.1) is 0 Å². The van der Waals surface area contributed by atoms with Gasteiger partial charge < -0.3 is 10.1 Å². The lowest BCUT2D eigenvalue weighted by Crippen LogP contribution is -2.23. The molecule has 0 amide bonds. The molecule has 0 spiro atoms. The van der Waals surface area contributed by atoms with Crippen molar-refractivity contribution in [3.63, 3.8) is 0 Å². The lowest BCUT2D eigenvalue weighted by molar-refractivity contribution is 0.274. The number of alkyl halides is 3. The number of aromatic nitrogens is 3. The van der Waals surface area contributed by atoms with Crippen LogP contribution in [0.15, 0.2) is 18.2 Å². The van der Waals surface area contributed by atoms with E-state index < -0.39 is 3.79 Å². The molecule has 128 valence electrons. The number of benzene rings is 1. The zero-order valence-corrected chi connectivity index (χ0v) is 15.6. The minimum Gasteiger partial charge on any atom is -0.493 e. The van der Waals surface area contributed by atoms with Gasteiger partial charge in [0.05, 0.1) is 12.6 Å². The molecule has 1 atom stereocenters. The van der Waals surface area contributed by atoms with Gasteiger partial charge in [-0.05, 0) is 25.0 Å². The average Bonchev–Trinajstić information content (AvgIpc) is 2.53. The quantitative estimate of drug-likeness (QED) is 0.785. The fourth-order valence-electron chi connectivity index (χ4n) is 2.64. The molecule has 1 aromatic carbocycles. The Kier molecular flexibility index (Phi) is 5.04. The second-order valence-corrected chi connectivity index (χ2v) is 7.87. The van der Waals surface area contributed by atoms with E-state index in [2.05, 4.69) is 39.3 Å².